The minimum absolute atomic E-state index is 0.0695. The Bertz CT molecular complexity index is 525. The first kappa shape index (κ1) is 14.3. The zero-order valence-corrected chi connectivity index (χ0v) is 11.8. The van der Waals surface area contributed by atoms with Gasteiger partial charge < -0.3 is 5.73 Å². The smallest absolute Gasteiger partial charge is 0.237 e. The number of benzene rings is 2. The summed E-state index contributed by atoms with van der Waals surface area (Å²) in [5, 5.41) is 3.35. The fourth-order valence-corrected chi connectivity index (χ4v) is 2.08. The van der Waals surface area contributed by atoms with Gasteiger partial charge in [-0.3, -0.25) is 10.1 Å². The Morgan fingerprint density at radius 3 is 1.70 bits per heavy atom. The zero-order chi connectivity index (χ0) is 14.6. The molecular weight excluding hydrogens is 248 g/mol. The van der Waals surface area contributed by atoms with Crippen LogP contribution < -0.4 is 11.1 Å². The summed E-state index contributed by atoms with van der Waals surface area (Å²) in [5.41, 5.74) is 6.90. The van der Waals surface area contributed by atoms with Crippen molar-refractivity contribution in [2.45, 2.75) is 25.4 Å². The Labute approximate surface area is 119 Å². The third kappa shape index (κ3) is 3.25. The van der Waals surface area contributed by atoms with Gasteiger partial charge in [0.1, 0.15) is 0 Å². The number of carbonyl (C=O) groups is 1. The van der Waals surface area contributed by atoms with Gasteiger partial charge in [-0.25, -0.2) is 0 Å². The van der Waals surface area contributed by atoms with Gasteiger partial charge in [-0.15, -0.1) is 0 Å². The van der Waals surface area contributed by atoms with Gasteiger partial charge in [-0.05, 0) is 25.0 Å². The number of hydrogen-bond acceptors (Lipinski definition) is 2. The van der Waals surface area contributed by atoms with Crippen molar-refractivity contribution >= 4 is 5.91 Å². The fraction of sp³-hybridized carbons (Fsp3) is 0.235. The number of rotatable bonds is 5. The Kier molecular flexibility index (Phi) is 4.20. The number of amides is 1. The molecule has 0 aliphatic rings. The number of nitrogens with one attached hydrogen (secondary N) is 1. The predicted octanol–water partition coefficient (Wildman–Crippen LogP) is 2.63. The highest BCUT2D eigenvalue weighted by atomic mass is 16.1. The van der Waals surface area contributed by atoms with Crippen molar-refractivity contribution in [3.05, 3.63) is 71.8 Å². The van der Waals surface area contributed by atoms with E-state index in [0.717, 1.165) is 11.1 Å². The van der Waals surface area contributed by atoms with Crippen molar-refractivity contribution in [3.8, 4) is 0 Å². The van der Waals surface area contributed by atoms with E-state index in [2.05, 4.69) is 5.32 Å². The number of carbonyl (C=O) groups excluding carboxylic acids is 1. The van der Waals surface area contributed by atoms with Gasteiger partial charge in [0.05, 0.1) is 11.6 Å². The Morgan fingerprint density at radius 1 is 0.950 bits per heavy atom. The van der Waals surface area contributed by atoms with Gasteiger partial charge >= 0.3 is 0 Å². The summed E-state index contributed by atoms with van der Waals surface area (Å²) in [6, 6.07) is 20.0. The third-order valence-corrected chi connectivity index (χ3v) is 3.39. The first-order valence-electron chi connectivity index (χ1n) is 6.68. The molecule has 1 amide bonds. The van der Waals surface area contributed by atoms with E-state index in [-0.39, 0.29) is 11.9 Å². The lowest BCUT2D eigenvalue weighted by molar-refractivity contribution is -0.123. The van der Waals surface area contributed by atoms with Crippen molar-refractivity contribution < 1.29 is 4.79 Å². The van der Waals surface area contributed by atoms with E-state index in [9.17, 15) is 4.79 Å². The second-order valence-corrected chi connectivity index (χ2v) is 5.39. The van der Waals surface area contributed by atoms with Gasteiger partial charge in [0.25, 0.3) is 0 Å². The van der Waals surface area contributed by atoms with Crippen molar-refractivity contribution in [1.29, 1.82) is 0 Å². The van der Waals surface area contributed by atoms with Gasteiger partial charge in [-0.1, -0.05) is 60.7 Å². The van der Waals surface area contributed by atoms with E-state index in [1.54, 1.807) is 13.8 Å². The molecule has 0 aliphatic carbocycles. The Morgan fingerprint density at radius 2 is 1.35 bits per heavy atom. The van der Waals surface area contributed by atoms with Crippen LogP contribution in [0.3, 0.4) is 0 Å². The molecule has 2 aromatic carbocycles. The first-order valence-corrected chi connectivity index (χ1v) is 6.68. The summed E-state index contributed by atoms with van der Waals surface area (Å²) in [5.74, 6) is -0.366. The summed E-state index contributed by atoms with van der Waals surface area (Å²) in [7, 11) is 0. The van der Waals surface area contributed by atoms with E-state index in [1.165, 1.54) is 0 Å². The average Bonchev–Trinajstić information content (AvgIpc) is 2.46. The second kappa shape index (κ2) is 5.88. The van der Waals surface area contributed by atoms with Crippen molar-refractivity contribution in [2.75, 3.05) is 0 Å². The SMILES string of the molecule is CC(C)(NC(c1ccccc1)c1ccccc1)C(N)=O. The summed E-state index contributed by atoms with van der Waals surface area (Å²) < 4.78 is 0. The number of hydrogen-bond donors (Lipinski definition) is 2. The summed E-state index contributed by atoms with van der Waals surface area (Å²) in [6.45, 7) is 3.60. The molecule has 3 heteroatoms. The standard InChI is InChI=1S/C17H20N2O/c1-17(2,16(18)20)19-15(13-9-5-3-6-10-13)14-11-7-4-8-12-14/h3-12,15,19H,1-2H3,(H2,18,20). The van der Waals surface area contributed by atoms with Crippen LogP contribution in [0.1, 0.15) is 31.0 Å². The lowest BCUT2D eigenvalue weighted by atomic mass is 9.94. The van der Waals surface area contributed by atoms with Crippen LogP contribution in [0, 0.1) is 0 Å². The third-order valence-electron chi connectivity index (χ3n) is 3.39. The molecule has 0 spiro atoms. The summed E-state index contributed by atoms with van der Waals surface area (Å²) in [4.78, 5) is 11.6. The number of primary amides is 1. The first-order chi connectivity index (χ1) is 9.50. The molecule has 0 unspecified atom stereocenters. The maximum atomic E-state index is 11.6. The molecule has 104 valence electrons. The lowest BCUT2D eigenvalue weighted by Gasteiger charge is -2.30. The molecule has 3 N–H and O–H groups in total. The largest absolute Gasteiger partial charge is 0.368 e. The van der Waals surface area contributed by atoms with Gasteiger partial charge in [0, 0.05) is 0 Å². The van der Waals surface area contributed by atoms with Crippen LogP contribution in [0.15, 0.2) is 60.7 Å². The summed E-state index contributed by atoms with van der Waals surface area (Å²) >= 11 is 0. The molecule has 0 aliphatic heterocycles. The second-order valence-electron chi connectivity index (χ2n) is 5.39. The van der Waals surface area contributed by atoms with E-state index in [4.69, 9.17) is 5.73 Å². The minimum Gasteiger partial charge on any atom is -0.368 e. The van der Waals surface area contributed by atoms with Crippen LogP contribution in [0.25, 0.3) is 0 Å². The molecule has 0 saturated heterocycles. The maximum absolute atomic E-state index is 11.6. The molecule has 0 fully saturated rings. The molecule has 2 rings (SSSR count). The monoisotopic (exact) mass is 268 g/mol. The van der Waals surface area contributed by atoms with Crippen LogP contribution in [-0.4, -0.2) is 11.4 Å². The molecule has 0 bridgehead atoms. The molecule has 0 aromatic heterocycles. The van der Waals surface area contributed by atoms with Crippen LogP contribution in [0.2, 0.25) is 0 Å². The van der Waals surface area contributed by atoms with Crippen LogP contribution >= 0.6 is 0 Å². The van der Waals surface area contributed by atoms with Gasteiger partial charge in [0.2, 0.25) is 5.91 Å². The minimum atomic E-state index is -0.781. The average molecular weight is 268 g/mol. The highest BCUT2D eigenvalue weighted by Gasteiger charge is 2.29. The normalized spacial score (nSPS) is 11.6. The van der Waals surface area contributed by atoms with E-state index in [1.807, 2.05) is 60.7 Å². The molecule has 0 radical (unpaired) electrons. The van der Waals surface area contributed by atoms with Gasteiger partial charge in [-0.2, -0.15) is 0 Å². The molecule has 0 heterocycles. The topological polar surface area (TPSA) is 55.1 Å². The number of nitrogens with two attached hydrogens (primary N) is 1. The maximum Gasteiger partial charge on any atom is 0.237 e. The molecule has 20 heavy (non-hydrogen) atoms. The van der Waals surface area contributed by atoms with Crippen molar-refractivity contribution in [3.63, 3.8) is 0 Å². The quantitative estimate of drug-likeness (QED) is 0.876. The predicted molar refractivity (Wildman–Crippen MR) is 81.1 cm³/mol. The molecule has 3 nitrogen and oxygen atoms in total. The fourth-order valence-electron chi connectivity index (χ4n) is 2.08. The molecular formula is C17H20N2O. The molecule has 0 saturated carbocycles. The Hall–Kier alpha value is -2.13. The van der Waals surface area contributed by atoms with Crippen LogP contribution in [-0.2, 0) is 4.79 Å². The van der Waals surface area contributed by atoms with E-state index in [0.29, 0.717) is 0 Å². The lowest BCUT2D eigenvalue weighted by Crippen LogP contribution is -2.52. The van der Waals surface area contributed by atoms with Crippen LogP contribution in [0.4, 0.5) is 0 Å². The highest BCUT2D eigenvalue weighted by molar-refractivity contribution is 5.83. The van der Waals surface area contributed by atoms with Gasteiger partial charge in [0.15, 0.2) is 0 Å². The molecule has 2 aromatic rings. The van der Waals surface area contributed by atoms with Crippen LogP contribution in [0.5, 0.6) is 0 Å². The summed E-state index contributed by atoms with van der Waals surface area (Å²) in [6.07, 6.45) is 0. The Balaban J connectivity index is 2.38. The van der Waals surface area contributed by atoms with E-state index >= 15 is 0 Å². The molecule has 0 atom stereocenters. The van der Waals surface area contributed by atoms with E-state index < -0.39 is 5.54 Å². The zero-order valence-electron chi connectivity index (χ0n) is 11.8. The van der Waals surface area contributed by atoms with Crippen molar-refractivity contribution in [1.82, 2.24) is 5.32 Å². The van der Waals surface area contributed by atoms with Crippen molar-refractivity contribution in [2.24, 2.45) is 5.73 Å². The highest BCUT2D eigenvalue weighted by Crippen LogP contribution is 2.24.